The number of likely N-dealkylation sites (N-methyl/N-ethyl adjacent to an activating group) is 1. The quantitative estimate of drug-likeness (QED) is 0.518. The predicted molar refractivity (Wildman–Crippen MR) is 107 cm³/mol. The molecule has 10 heteroatoms. The topological polar surface area (TPSA) is 97.3 Å². The molecule has 0 unspecified atom stereocenters. The van der Waals surface area contributed by atoms with Gasteiger partial charge in [0.2, 0.25) is 16.8 Å². The highest BCUT2D eigenvalue weighted by atomic mass is 79.9. The second-order valence-electron chi connectivity index (χ2n) is 6.09. The number of hydrogen-bond acceptors (Lipinski definition) is 6. The summed E-state index contributed by atoms with van der Waals surface area (Å²) in [5, 5.41) is 3.87. The summed E-state index contributed by atoms with van der Waals surface area (Å²) in [6.07, 6.45) is 1.43. The van der Waals surface area contributed by atoms with Crippen LogP contribution in [0.3, 0.4) is 0 Å². The van der Waals surface area contributed by atoms with Crippen molar-refractivity contribution in [3.05, 3.63) is 52.0 Å². The number of halogens is 1. The molecule has 0 fully saturated rings. The van der Waals surface area contributed by atoms with E-state index in [4.69, 9.17) is 9.47 Å². The smallest absolute Gasteiger partial charge is 0.255 e. The lowest BCUT2D eigenvalue weighted by molar-refractivity contribution is -0.121. The summed E-state index contributed by atoms with van der Waals surface area (Å²) >= 11 is 3.39. The van der Waals surface area contributed by atoms with Crippen LogP contribution in [0.4, 0.5) is 0 Å². The van der Waals surface area contributed by atoms with Crippen LogP contribution in [0.15, 0.2) is 50.9 Å². The third kappa shape index (κ3) is 4.51. The molecule has 148 valence electrons. The Morgan fingerprint density at radius 1 is 1.25 bits per heavy atom. The zero-order valence-corrected chi connectivity index (χ0v) is 17.6. The molecule has 1 heterocycles. The highest BCUT2D eigenvalue weighted by Gasteiger charge is 2.22. The summed E-state index contributed by atoms with van der Waals surface area (Å²) < 4.78 is 37.3. The molecule has 0 saturated heterocycles. The summed E-state index contributed by atoms with van der Waals surface area (Å²) in [7, 11) is -2.42. The van der Waals surface area contributed by atoms with Crippen LogP contribution in [0.25, 0.3) is 0 Å². The van der Waals surface area contributed by atoms with E-state index in [1.807, 2.05) is 6.92 Å². The van der Waals surface area contributed by atoms with Crippen molar-refractivity contribution in [1.29, 1.82) is 0 Å². The first-order valence-corrected chi connectivity index (χ1v) is 10.4. The average molecular weight is 468 g/mol. The number of nitrogens with one attached hydrogen (secondary N) is 1. The molecule has 1 amide bonds. The minimum Gasteiger partial charge on any atom is -0.454 e. The number of hydrogen-bond donors (Lipinski definition) is 1. The molecule has 1 aliphatic rings. The second-order valence-corrected chi connectivity index (χ2v) is 8.99. The molecule has 0 saturated carbocycles. The van der Waals surface area contributed by atoms with Gasteiger partial charge < -0.3 is 9.47 Å². The average Bonchev–Trinajstić information content (AvgIpc) is 3.09. The molecule has 0 atom stereocenters. The van der Waals surface area contributed by atoms with E-state index < -0.39 is 15.9 Å². The highest BCUT2D eigenvalue weighted by Crippen LogP contribution is 2.36. The van der Waals surface area contributed by atoms with Crippen LogP contribution in [0, 0.1) is 6.92 Å². The fourth-order valence-electron chi connectivity index (χ4n) is 2.42. The highest BCUT2D eigenvalue weighted by molar-refractivity contribution is 9.10. The normalized spacial score (nSPS) is 13.3. The molecule has 3 rings (SSSR count). The van der Waals surface area contributed by atoms with E-state index >= 15 is 0 Å². The number of ether oxygens (including phenoxy) is 2. The van der Waals surface area contributed by atoms with E-state index in [9.17, 15) is 13.2 Å². The van der Waals surface area contributed by atoms with E-state index in [2.05, 4.69) is 26.5 Å². The number of nitrogens with zero attached hydrogens (tertiary/aromatic N) is 2. The Kier molecular flexibility index (Phi) is 6.01. The summed E-state index contributed by atoms with van der Waals surface area (Å²) in [5.41, 5.74) is 3.94. The van der Waals surface area contributed by atoms with Crippen LogP contribution in [0.2, 0.25) is 0 Å². The summed E-state index contributed by atoms with van der Waals surface area (Å²) in [6, 6.07) is 9.88. The van der Waals surface area contributed by atoms with Gasteiger partial charge in [-0.05, 0) is 47.1 Å². The van der Waals surface area contributed by atoms with Crippen molar-refractivity contribution < 1.29 is 22.7 Å². The summed E-state index contributed by atoms with van der Waals surface area (Å²) in [5.74, 6) is 0.641. The van der Waals surface area contributed by atoms with E-state index in [1.54, 1.807) is 24.3 Å². The van der Waals surface area contributed by atoms with Crippen molar-refractivity contribution in [2.75, 3.05) is 20.4 Å². The zero-order chi connectivity index (χ0) is 20.3. The third-order valence-electron chi connectivity index (χ3n) is 3.98. The van der Waals surface area contributed by atoms with Crippen LogP contribution in [0.5, 0.6) is 11.5 Å². The zero-order valence-electron chi connectivity index (χ0n) is 15.2. The monoisotopic (exact) mass is 467 g/mol. The van der Waals surface area contributed by atoms with Crippen LogP contribution < -0.4 is 14.9 Å². The van der Waals surface area contributed by atoms with Crippen LogP contribution >= 0.6 is 15.9 Å². The number of amides is 1. The number of hydrazone groups is 1. The van der Waals surface area contributed by atoms with Gasteiger partial charge in [-0.3, -0.25) is 4.79 Å². The summed E-state index contributed by atoms with van der Waals surface area (Å²) in [4.78, 5) is 12.2. The van der Waals surface area contributed by atoms with E-state index in [-0.39, 0.29) is 18.2 Å². The molecule has 8 nitrogen and oxygen atoms in total. The molecule has 0 aromatic heterocycles. The van der Waals surface area contributed by atoms with Gasteiger partial charge in [-0.15, -0.1) is 0 Å². The third-order valence-corrected chi connectivity index (χ3v) is 6.48. The van der Waals surface area contributed by atoms with Crippen molar-refractivity contribution >= 4 is 38.1 Å². The first-order valence-electron chi connectivity index (χ1n) is 8.21. The molecular formula is C18H18BrN3O5S. The van der Waals surface area contributed by atoms with E-state index in [0.29, 0.717) is 21.5 Å². The standard InChI is InChI=1S/C18H18BrN3O5S/c1-12-3-5-14(6-4-12)28(24,25)22(2)10-18(23)21-20-9-13-7-16-17(8-15(13)19)27-11-26-16/h3-9H,10-11H2,1-2H3,(H,21,23)/b20-9+. The lowest BCUT2D eigenvalue weighted by Crippen LogP contribution is -2.36. The Morgan fingerprint density at radius 2 is 1.89 bits per heavy atom. The van der Waals surface area contributed by atoms with Crippen molar-refractivity contribution in [3.8, 4) is 11.5 Å². The number of rotatable bonds is 6. The van der Waals surface area contributed by atoms with E-state index in [1.165, 1.54) is 25.4 Å². The van der Waals surface area contributed by atoms with Crippen molar-refractivity contribution in [2.45, 2.75) is 11.8 Å². The summed E-state index contributed by atoms with van der Waals surface area (Å²) in [6.45, 7) is 1.65. The van der Waals surface area contributed by atoms with Gasteiger partial charge in [-0.1, -0.05) is 17.7 Å². The molecule has 2 aromatic rings. The molecule has 0 bridgehead atoms. The van der Waals surface area contributed by atoms with Gasteiger partial charge in [-0.25, -0.2) is 13.8 Å². The Bertz CT molecular complexity index is 1020. The molecule has 0 radical (unpaired) electrons. The van der Waals surface area contributed by atoms with Gasteiger partial charge >= 0.3 is 0 Å². The molecule has 1 N–H and O–H groups in total. The maximum absolute atomic E-state index is 12.5. The van der Waals surface area contributed by atoms with Crippen molar-refractivity contribution in [1.82, 2.24) is 9.73 Å². The van der Waals surface area contributed by atoms with Gasteiger partial charge in [0, 0.05) is 17.1 Å². The molecule has 2 aromatic carbocycles. The molecule has 28 heavy (non-hydrogen) atoms. The maximum Gasteiger partial charge on any atom is 0.255 e. The SMILES string of the molecule is Cc1ccc(S(=O)(=O)N(C)CC(=O)N/N=C/c2cc3c(cc2Br)OCO3)cc1. The van der Waals surface area contributed by atoms with Crippen LogP contribution in [-0.2, 0) is 14.8 Å². The Balaban J connectivity index is 1.61. The molecule has 1 aliphatic heterocycles. The van der Waals surface area contributed by atoms with Gasteiger partial charge in [0.15, 0.2) is 11.5 Å². The lowest BCUT2D eigenvalue weighted by atomic mass is 10.2. The number of carbonyl (C=O) groups is 1. The fourth-order valence-corrected chi connectivity index (χ4v) is 3.97. The second kappa shape index (κ2) is 8.29. The Hall–Kier alpha value is -2.43. The molecule has 0 spiro atoms. The fraction of sp³-hybridized carbons (Fsp3) is 0.222. The number of carbonyl (C=O) groups excluding carboxylic acids is 1. The maximum atomic E-state index is 12.5. The number of aryl methyl sites for hydroxylation is 1. The van der Waals surface area contributed by atoms with Gasteiger partial charge in [0.05, 0.1) is 17.7 Å². The number of fused-ring (bicyclic) bond motifs is 1. The van der Waals surface area contributed by atoms with Gasteiger partial charge in [0.25, 0.3) is 5.91 Å². The van der Waals surface area contributed by atoms with Crippen LogP contribution in [0.1, 0.15) is 11.1 Å². The number of benzene rings is 2. The predicted octanol–water partition coefficient (Wildman–Crippen LogP) is 2.26. The largest absolute Gasteiger partial charge is 0.454 e. The minimum absolute atomic E-state index is 0.126. The van der Waals surface area contributed by atoms with Crippen molar-refractivity contribution in [3.63, 3.8) is 0 Å². The first kappa shape index (κ1) is 20.3. The van der Waals surface area contributed by atoms with Crippen molar-refractivity contribution in [2.24, 2.45) is 5.10 Å². The Morgan fingerprint density at radius 3 is 2.57 bits per heavy atom. The molecule has 0 aliphatic carbocycles. The minimum atomic E-state index is -3.76. The van der Waals surface area contributed by atoms with E-state index in [0.717, 1.165) is 9.87 Å². The lowest BCUT2D eigenvalue weighted by Gasteiger charge is -2.16. The number of sulfonamides is 1. The first-order chi connectivity index (χ1) is 13.3. The Labute approximate surface area is 171 Å². The molecular weight excluding hydrogens is 450 g/mol. The van der Waals surface area contributed by atoms with Crippen LogP contribution in [-0.4, -0.2) is 45.2 Å². The van der Waals surface area contributed by atoms with Gasteiger partial charge in [-0.2, -0.15) is 9.41 Å². The van der Waals surface area contributed by atoms with Gasteiger partial charge in [0.1, 0.15) is 0 Å².